The van der Waals surface area contributed by atoms with Crippen LogP contribution in [0.25, 0.3) is 0 Å². The lowest BCUT2D eigenvalue weighted by Gasteiger charge is -2.20. The first-order valence-electron chi connectivity index (χ1n) is 6.23. The molecule has 2 heterocycles. The second kappa shape index (κ2) is 5.34. The number of rotatable bonds is 3. The maximum Gasteiger partial charge on any atom is 0.233 e. The van der Waals surface area contributed by atoms with Gasteiger partial charge in [-0.1, -0.05) is 6.07 Å². The molecule has 0 amide bonds. The zero-order chi connectivity index (χ0) is 13.9. The van der Waals surface area contributed by atoms with Gasteiger partial charge in [-0.15, -0.1) is 10.2 Å². The molecule has 1 unspecified atom stereocenters. The van der Waals surface area contributed by atoms with E-state index in [1.165, 1.54) is 7.11 Å². The third-order valence-corrected chi connectivity index (χ3v) is 3.03. The molecule has 6 nitrogen and oxygen atoms in total. The molecule has 6 heteroatoms. The molecule has 1 aliphatic rings. The number of hydrogen-bond acceptors (Lipinski definition) is 6. The van der Waals surface area contributed by atoms with Crippen LogP contribution in [0.4, 0.5) is 0 Å². The Morgan fingerprint density at radius 1 is 1.10 bits per heavy atom. The summed E-state index contributed by atoms with van der Waals surface area (Å²) in [5, 5.41) is 18.1. The first kappa shape index (κ1) is 12.7. The average molecular weight is 274 g/mol. The molecule has 2 aromatic rings. The Morgan fingerprint density at radius 3 is 2.60 bits per heavy atom. The third kappa shape index (κ3) is 2.37. The van der Waals surface area contributed by atoms with Gasteiger partial charge in [-0.05, 0) is 23.8 Å². The molecule has 20 heavy (non-hydrogen) atoms. The number of ether oxygens (including phenoxy) is 3. The van der Waals surface area contributed by atoms with Crippen molar-refractivity contribution in [3.8, 4) is 17.4 Å². The Morgan fingerprint density at radius 2 is 1.90 bits per heavy atom. The van der Waals surface area contributed by atoms with Gasteiger partial charge in [0.15, 0.2) is 11.5 Å². The van der Waals surface area contributed by atoms with Gasteiger partial charge in [0.1, 0.15) is 19.3 Å². The Balaban J connectivity index is 1.87. The predicted octanol–water partition coefficient (Wildman–Crippen LogP) is 1.34. The Hall–Kier alpha value is -2.34. The van der Waals surface area contributed by atoms with E-state index >= 15 is 0 Å². The number of hydrogen-bond donors (Lipinski definition) is 1. The molecule has 0 saturated heterocycles. The zero-order valence-electron chi connectivity index (χ0n) is 10.9. The van der Waals surface area contributed by atoms with Crippen LogP contribution in [0.5, 0.6) is 17.4 Å². The SMILES string of the molecule is COc1ccc(C(O)c2ccc3c(c2)OCCO3)nn1. The van der Waals surface area contributed by atoms with Crippen molar-refractivity contribution in [2.24, 2.45) is 0 Å². The summed E-state index contributed by atoms with van der Waals surface area (Å²) in [6.07, 6.45) is -0.871. The molecule has 0 aliphatic carbocycles. The van der Waals surface area contributed by atoms with Gasteiger partial charge in [-0.25, -0.2) is 0 Å². The molecule has 104 valence electrons. The summed E-state index contributed by atoms with van der Waals surface area (Å²) in [7, 11) is 1.51. The lowest BCUT2D eigenvalue weighted by atomic mass is 10.1. The van der Waals surface area contributed by atoms with Crippen molar-refractivity contribution < 1.29 is 19.3 Å². The molecular weight excluding hydrogens is 260 g/mol. The van der Waals surface area contributed by atoms with E-state index in [2.05, 4.69) is 10.2 Å². The maximum atomic E-state index is 10.3. The molecular formula is C14H14N2O4. The monoisotopic (exact) mass is 274 g/mol. The highest BCUT2D eigenvalue weighted by Gasteiger charge is 2.17. The molecule has 1 aromatic carbocycles. The Kier molecular flexibility index (Phi) is 3.39. The molecule has 1 aromatic heterocycles. The van der Waals surface area contributed by atoms with Crippen molar-refractivity contribution in [1.82, 2.24) is 10.2 Å². The van der Waals surface area contributed by atoms with Crippen LogP contribution in [0.15, 0.2) is 30.3 Å². The average Bonchev–Trinajstić information content (AvgIpc) is 2.54. The zero-order valence-corrected chi connectivity index (χ0v) is 10.9. The smallest absolute Gasteiger partial charge is 0.233 e. The van der Waals surface area contributed by atoms with E-state index in [-0.39, 0.29) is 0 Å². The summed E-state index contributed by atoms with van der Waals surface area (Å²) in [6, 6.07) is 8.65. The lowest BCUT2D eigenvalue weighted by Crippen LogP contribution is -2.15. The highest BCUT2D eigenvalue weighted by atomic mass is 16.6. The lowest BCUT2D eigenvalue weighted by molar-refractivity contribution is 0.169. The minimum atomic E-state index is -0.871. The normalized spacial score (nSPS) is 14.7. The Bertz CT molecular complexity index is 601. The first-order chi connectivity index (χ1) is 9.78. The van der Waals surface area contributed by atoms with Crippen molar-refractivity contribution >= 4 is 0 Å². The number of fused-ring (bicyclic) bond motifs is 1. The van der Waals surface area contributed by atoms with Crippen molar-refractivity contribution in [2.75, 3.05) is 20.3 Å². The number of aliphatic hydroxyl groups excluding tert-OH is 1. The van der Waals surface area contributed by atoms with Crippen LogP contribution in [0.2, 0.25) is 0 Å². The van der Waals surface area contributed by atoms with Crippen molar-refractivity contribution in [1.29, 1.82) is 0 Å². The number of nitrogens with zero attached hydrogens (tertiary/aromatic N) is 2. The number of aromatic nitrogens is 2. The van der Waals surface area contributed by atoms with Gasteiger partial charge in [0.05, 0.1) is 12.8 Å². The summed E-state index contributed by atoms with van der Waals surface area (Å²) < 4.78 is 15.9. The second-order valence-corrected chi connectivity index (χ2v) is 4.31. The summed E-state index contributed by atoms with van der Waals surface area (Å²) >= 11 is 0. The van der Waals surface area contributed by atoms with E-state index in [0.717, 1.165) is 0 Å². The van der Waals surface area contributed by atoms with Gasteiger partial charge in [0.2, 0.25) is 5.88 Å². The van der Waals surface area contributed by atoms with Crippen molar-refractivity contribution in [3.63, 3.8) is 0 Å². The fraction of sp³-hybridized carbons (Fsp3) is 0.286. The number of benzene rings is 1. The summed E-state index contributed by atoms with van der Waals surface area (Å²) in [5.74, 6) is 1.73. The summed E-state index contributed by atoms with van der Waals surface area (Å²) in [6.45, 7) is 1.05. The summed E-state index contributed by atoms with van der Waals surface area (Å²) in [5.41, 5.74) is 1.12. The van der Waals surface area contributed by atoms with Gasteiger partial charge < -0.3 is 19.3 Å². The quantitative estimate of drug-likeness (QED) is 0.910. The molecule has 0 spiro atoms. The molecule has 1 aliphatic heterocycles. The van der Waals surface area contributed by atoms with Crippen LogP contribution >= 0.6 is 0 Å². The van der Waals surface area contributed by atoms with Crippen LogP contribution < -0.4 is 14.2 Å². The minimum absolute atomic E-state index is 0.406. The Labute approximate surface area is 115 Å². The van der Waals surface area contributed by atoms with Crippen LogP contribution in [0, 0.1) is 0 Å². The number of aliphatic hydroxyl groups is 1. The molecule has 0 saturated carbocycles. The topological polar surface area (TPSA) is 73.7 Å². The van der Waals surface area contributed by atoms with E-state index in [0.29, 0.717) is 41.9 Å². The minimum Gasteiger partial charge on any atom is -0.486 e. The van der Waals surface area contributed by atoms with Crippen LogP contribution in [-0.2, 0) is 0 Å². The highest BCUT2D eigenvalue weighted by molar-refractivity contribution is 5.45. The first-order valence-corrected chi connectivity index (χ1v) is 6.23. The predicted molar refractivity (Wildman–Crippen MR) is 70.1 cm³/mol. The van der Waals surface area contributed by atoms with E-state index in [9.17, 15) is 5.11 Å². The molecule has 0 radical (unpaired) electrons. The van der Waals surface area contributed by atoms with Gasteiger partial charge in [0, 0.05) is 6.07 Å². The molecule has 0 bridgehead atoms. The van der Waals surface area contributed by atoms with E-state index in [1.807, 2.05) is 0 Å². The van der Waals surface area contributed by atoms with Gasteiger partial charge in [-0.2, -0.15) is 0 Å². The molecule has 0 fully saturated rings. The highest BCUT2D eigenvalue weighted by Crippen LogP contribution is 2.33. The van der Waals surface area contributed by atoms with Gasteiger partial charge >= 0.3 is 0 Å². The van der Waals surface area contributed by atoms with Crippen LogP contribution in [-0.4, -0.2) is 35.6 Å². The second-order valence-electron chi connectivity index (χ2n) is 4.31. The summed E-state index contributed by atoms with van der Waals surface area (Å²) in [4.78, 5) is 0. The van der Waals surface area contributed by atoms with Crippen LogP contribution in [0.1, 0.15) is 17.4 Å². The van der Waals surface area contributed by atoms with Crippen molar-refractivity contribution in [2.45, 2.75) is 6.10 Å². The van der Waals surface area contributed by atoms with E-state index < -0.39 is 6.10 Å². The van der Waals surface area contributed by atoms with Gasteiger partial charge in [-0.3, -0.25) is 0 Å². The molecule has 1 atom stereocenters. The standard InChI is InChI=1S/C14H14N2O4/c1-18-13-5-3-10(15-16-13)14(17)9-2-4-11-12(8-9)20-7-6-19-11/h2-5,8,14,17H,6-7H2,1H3. The fourth-order valence-electron chi connectivity index (χ4n) is 1.99. The van der Waals surface area contributed by atoms with Gasteiger partial charge in [0.25, 0.3) is 0 Å². The third-order valence-electron chi connectivity index (χ3n) is 3.03. The van der Waals surface area contributed by atoms with Crippen molar-refractivity contribution in [3.05, 3.63) is 41.6 Å². The van der Waals surface area contributed by atoms with E-state index in [1.54, 1.807) is 30.3 Å². The van der Waals surface area contributed by atoms with Crippen LogP contribution in [0.3, 0.4) is 0 Å². The number of methoxy groups -OCH3 is 1. The van der Waals surface area contributed by atoms with E-state index in [4.69, 9.17) is 14.2 Å². The largest absolute Gasteiger partial charge is 0.486 e. The molecule has 3 rings (SSSR count). The maximum absolute atomic E-state index is 10.3. The molecule has 1 N–H and O–H groups in total. The fourth-order valence-corrected chi connectivity index (χ4v) is 1.99.